The van der Waals surface area contributed by atoms with Crippen molar-refractivity contribution >= 4 is 11.8 Å². The van der Waals surface area contributed by atoms with Crippen LogP contribution >= 0.6 is 11.8 Å². The SMILES string of the molecule is CSCn1c(=O)[nH]c(C2CCCCC2)c(C#N)c1=O. The normalized spacial score (nSPS) is 16.2. The van der Waals surface area contributed by atoms with Gasteiger partial charge >= 0.3 is 5.69 Å². The second-order valence-electron chi connectivity index (χ2n) is 4.82. The molecule has 0 aliphatic heterocycles. The number of rotatable bonds is 3. The summed E-state index contributed by atoms with van der Waals surface area (Å²) in [6.07, 6.45) is 7.06. The first-order valence-corrected chi connectivity index (χ1v) is 7.84. The molecule has 19 heavy (non-hydrogen) atoms. The Morgan fingerprint density at radius 1 is 1.37 bits per heavy atom. The summed E-state index contributed by atoms with van der Waals surface area (Å²) in [6.45, 7) is 0. The van der Waals surface area contributed by atoms with Crippen LogP contribution in [0.25, 0.3) is 0 Å². The van der Waals surface area contributed by atoms with Gasteiger partial charge in [0, 0.05) is 11.6 Å². The summed E-state index contributed by atoms with van der Waals surface area (Å²) in [4.78, 5) is 26.9. The van der Waals surface area contributed by atoms with E-state index in [4.69, 9.17) is 0 Å². The predicted octanol–water partition coefficient (Wildman–Crippen LogP) is 1.78. The maximum Gasteiger partial charge on any atom is 0.329 e. The Balaban J connectivity index is 2.53. The van der Waals surface area contributed by atoms with Crippen LogP contribution in [-0.4, -0.2) is 15.8 Å². The van der Waals surface area contributed by atoms with Gasteiger partial charge in [0.2, 0.25) is 0 Å². The topological polar surface area (TPSA) is 78.7 Å². The average Bonchev–Trinajstić information content (AvgIpc) is 2.44. The third-order valence-electron chi connectivity index (χ3n) is 3.60. The molecule has 0 bridgehead atoms. The zero-order chi connectivity index (χ0) is 13.8. The lowest BCUT2D eigenvalue weighted by atomic mass is 9.85. The lowest BCUT2D eigenvalue weighted by molar-refractivity contribution is 0.433. The van der Waals surface area contributed by atoms with Crippen LogP contribution in [0.5, 0.6) is 0 Å². The minimum atomic E-state index is -0.457. The Morgan fingerprint density at radius 2 is 2.05 bits per heavy atom. The van der Waals surface area contributed by atoms with Crippen LogP contribution < -0.4 is 11.2 Å². The minimum absolute atomic E-state index is 0.112. The lowest BCUT2D eigenvalue weighted by Crippen LogP contribution is -2.38. The van der Waals surface area contributed by atoms with Crippen molar-refractivity contribution in [1.82, 2.24) is 9.55 Å². The van der Waals surface area contributed by atoms with Gasteiger partial charge in [0.15, 0.2) is 0 Å². The molecule has 1 aliphatic carbocycles. The number of aromatic nitrogens is 2. The molecule has 0 saturated heterocycles. The zero-order valence-electron chi connectivity index (χ0n) is 10.9. The van der Waals surface area contributed by atoms with Crippen molar-refractivity contribution < 1.29 is 0 Å². The Hall–Kier alpha value is -1.48. The lowest BCUT2D eigenvalue weighted by Gasteiger charge is -2.22. The van der Waals surface area contributed by atoms with Crippen molar-refractivity contribution in [3.8, 4) is 6.07 Å². The van der Waals surface area contributed by atoms with E-state index in [9.17, 15) is 14.9 Å². The number of nitriles is 1. The first-order valence-electron chi connectivity index (χ1n) is 6.45. The Morgan fingerprint density at radius 3 is 2.63 bits per heavy atom. The van der Waals surface area contributed by atoms with Gasteiger partial charge in [-0.1, -0.05) is 19.3 Å². The highest BCUT2D eigenvalue weighted by atomic mass is 32.2. The van der Waals surface area contributed by atoms with E-state index in [1.165, 1.54) is 18.2 Å². The molecule has 0 radical (unpaired) electrons. The molecule has 0 spiro atoms. The number of hydrogen-bond donors (Lipinski definition) is 1. The van der Waals surface area contributed by atoms with Crippen molar-refractivity contribution in [1.29, 1.82) is 5.26 Å². The predicted molar refractivity (Wildman–Crippen MR) is 75.4 cm³/mol. The van der Waals surface area contributed by atoms with Gasteiger partial charge in [0.25, 0.3) is 5.56 Å². The van der Waals surface area contributed by atoms with E-state index in [0.717, 1.165) is 30.3 Å². The highest BCUT2D eigenvalue weighted by molar-refractivity contribution is 7.97. The monoisotopic (exact) mass is 279 g/mol. The maximum absolute atomic E-state index is 12.2. The van der Waals surface area contributed by atoms with Gasteiger partial charge in [-0.3, -0.25) is 4.79 Å². The van der Waals surface area contributed by atoms with Gasteiger partial charge in [-0.15, -0.1) is 11.8 Å². The van der Waals surface area contributed by atoms with Crippen LogP contribution in [0.15, 0.2) is 9.59 Å². The van der Waals surface area contributed by atoms with Crippen molar-refractivity contribution in [3.63, 3.8) is 0 Å². The largest absolute Gasteiger partial charge is 0.329 e. The fourth-order valence-corrected chi connectivity index (χ4v) is 3.13. The molecule has 1 fully saturated rings. The zero-order valence-corrected chi connectivity index (χ0v) is 11.8. The first-order chi connectivity index (χ1) is 9.19. The van der Waals surface area contributed by atoms with E-state index in [1.54, 1.807) is 0 Å². The summed E-state index contributed by atoms with van der Waals surface area (Å²) >= 11 is 1.38. The van der Waals surface area contributed by atoms with Crippen molar-refractivity contribution in [2.75, 3.05) is 6.26 Å². The number of thioether (sulfide) groups is 1. The molecule has 102 valence electrons. The van der Waals surface area contributed by atoms with Gasteiger partial charge in [-0.2, -0.15) is 5.26 Å². The maximum atomic E-state index is 12.2. The second kappa shape index (κ2) is 6.11. The third kappa shape index (κ3) is 2.76. The summed E-state index contributed by atoms with van der Waals surface area (Å²) < 4.78 is 1.09. The van der Waals surface area contributed by atoms with Crippen LogP contribution in [0, 0.1) is 11.3 Å². The van der Waals surface area contributed by atoms with E-state index < -0.39 is 11.2 Å². The number of nitrogens with zero attached hydrogens (tertiary/aromatic N) is 2. The quantitative estimate of drug-likeness (QED) is 0.914. The molecule has 5 nitrogen and oxygen atoms in total. The molecule has 1 N–H and O–H groups in total. The van der Waals surface area contributed by atoms with E-state index in [2.05, 4.69) is 4.98 Å². The minimum Gasteiger partial charge on any atom is -0.309 e. The molecule has 0 amide bonds. The number of nitrogens with one attached hydrogen (secondary N) is 1. The van der Waals surface area contributed by atoms with E-state index in [0.29, 0.717) is 5.69 Å². The Bertz CT molecular complexity index is 606. The Labute approximate surface area is 115 Å². The van der Waals surface area contributed by atoms with Gasteiger partial charge in [-0.25, -0.2) is 9.36 Å². The molecular weight excluding hydrogens is 262 g/mol. The van der Waals surface area contributed by atoms with Gasteiger partial charge in [0.1, 0.15) is 11.6 Å². The molecular formula is C13H17N3O2S. The molecule has 0 aromatic carbocycles. The van der Waals surface area contributed by atoms with Crippen molar-refractivity contribution in [2.24, 2.45) is 0 Å². The highest BCUT2D eigenvalue weighted by Gasteiger charge is 2.23. The molecule has 1 saturated carbocycles. The van der Waals surface area contributed by atoms with Crippen molar-refractivity contribution in [3.05, 3.63) is 32.1 Å². The van der Waals surface area contributed by atoms with Gasteiger partial charge in [0.05, 0.1) is 5.88 Å². The van der Waals surface area contributed by atoms with Gasteiger partial charge in [-0.05, 0) is 19.1 Å². The molecule has 1 aromatic rings. The molecule has 6 heteroatoms. The van der Waals surface area contributed by atoms with E-state index >= 15 is 0 Å². The molecule has 1 aliphatic rings. The third-order valence-corrected chi connectivity index (χ3v) is 4.11. The number of H-pyrrole nitrogens is 1. The van der Waals surface area contributed by atoms with Crippen LogP contribution in [-0.2, 0) is 5.88 Å². The van der Waals surface area contributed by atoms with Crippen molar-refractivity contribution in [2.45, 2.75) is 43.9 Å². The highest BCUT2D eigenvalue weighted by Crippen LogP contribution is 2.31. The van der Waals surface area contributed by atoms with Crippen LogP contribution in [0.1, 0.15) is 49.3 Å². The standard InChI is InChI=1S/C13H17N3O2S/c1-19-8-16-12(17)10(7-14)11(15-13(16)18)9-5-3-2-4-6-9/h9H,2-6,8H2,1H3,(H,15,18). The summed E-state index contributed by atoms with van der Waals surface area (Å²) in [5, 5.41) is 9.22. The van der Waals surface area contributed by atoms with E-state index in [-0.39, 0.29) is 17.4 Å². The summed E-state index contributed by atoms with van der Waals surface area (Å²) in [7, 11) is 0. The molecule has 2 rings (SSSR count). The molecule has 0 unspecified atom stereocenters. The summed E-state index contributed by atoms with van der Waals surface area (Å²) in [5.41, 5.74) is -0.199. The van der Waals surface area contributed by atoms with Gasteiger partial charge < -0.3 is 4.98 Å². The van der Waals surface area contributed by atoms with Crippen LogP contribution in [0.2, 0.25) is 0 Å². The number of hydrogen-bond acceptors (Lipinski definition) is 4. The number of aromatic amines is 1. The average molecular weight is 279 g/mol. The molecule has 1 heterocycles. The Kier molecular flexibility index (Phi) is 4.48. The smallest absolute Gasteiger partial charge is 0.309 e. The second-order valence-corrected chi connectivity index (χ2v) is 5.65. The van der Waals surface area contributed by atoms with E-state index in [1.807, 2.05) is 12.3 Å². The summed E-state index contributed by atoms with van der Waals surface area (Å²) in [6, 6.07) is 1.97. The van der Waals surface area contributed by atoms with Crippen LogP contribution in [0.4, 0.5) is 0 Å². The summed E-state index contributed by atoms with van der Waals surface area (Å²) in [5.74, 6) is 0.418. The molecule has 0 atom stereocenters. The van der Waals surface area contributed by atoms with Crippen LogP contribution in [0.3, 0.4) is 0 Å². The first kappa shape index (κ1) is 13.9. The fraction of sp³-hybridized carbons (Fsp3) is 0.615. The fourth-order valence-electron chi connectivity index (χ4n) is 2.64. The molecule has 1 aromatic heterocycles.